The van der Waals surface area contributed by atoms with Crippen LogP contribution >= 0.6 is 0 Å². The van der Waals surface area contributed by atoms with Gasteiger partial charge in [-0.25, -0.2) is 0 Å². The zero-order valence-corrected chi connectivity index (χ0v) is 7.92. The normalized spacial score (nSPS) is 16.7. The van der Waals surface area contributed by atoms with E-state index < -0.39 is 0 Å². The Bertz CT molecular complexity index is 324. The second kappa shape index (κ2) is 3.33. The standard InChI is InChI=1S/C12H14O/c1-9-5-2-3-8-11(9)12(13)10-6-4-7-10/h2-3,5,8,10H,4,6-7H2,1H3. The predicted octanol–water partition coefficient (Wildman–Crippen LogP) is 2.98. The van der Waals surface area contributed by atoms with Gasteiger partial charge in [0.2, 0.25) is 0 Å². The van der Waals surface area contributed by atoms with Crippen molar-refractivity contribution in [1.82, 2.24) is 0 Å². The fourth-order valence-corrected chi connectivity index (χ4v) is 1.74. The van der Waals surface area contributed by atoms with Gasteiger partial charge in [0.25, 0.3) is 0 Å². The molecule has 0 aliphatic heterocycles. The van der Waals surface area contributed by atoms with E-state index in [9.17, 15) is 4.79 Å². The van der Waals surface area contributed by atoms with Gasteiger partial charge >= 0.3 is 0 Å². The number of carbonyl (C=O) groups is 1. The van der Waals surface area contributed by atoms with Crippen LogP contribution in [-0.2, 0) is 0 Å². The first-order chi connectivity index (χ1) is 6.29. The molecule has 0 heterocycles. The molecule has 1 saturated carbocycles. The molecular formula is C12H14O. The summed E-state index contributed by atoms with van der Waals surface area (Å²) in [6.07, 6.45) is 3.41. The van der Waals surface area contributed by atoms with Gasteiger partial charge in [-0.05, 0) is 25.3 Å². The second-order valence-corrected chi connectivity index (χ2v) is 3.81. The Morgan fingerprint density at radius 1 is 1.31 bits per heavy atom. The average Bonchev–Trinajstić information content (AvgIpc) is 2.01. The lowest BCUT2D eigenvalue weighted by Crippen LogP contribution is -2.22. The SMILES string of the molecule is Cc1ccccc1C(=O)C1CCC1. The van der Waals surface area contributed by atoms with Crippen molar-refractivity contribution < 1.29 is 4.79 Å². The molecule has 1 aromatic carbocycles. The maximum Gasteiger partial charge on any atom is 0.166 e. The van der Waals surface area contributed by atoms with Crippen molar-refractivity contribution in [3.63, 3.8) is 0 Å². The van der Waals surface area contributed by atoms with Gasteiger partial charge in [-0.3, -0.25) is 4.79 Å². The van der Waals surface area contributed by atoms with Gasteiger partial charge in [-0.15, -0.1) is 0 Å². The molecule has 0 bridgehead atoms. The van der Waals surface area contributed by atoms with E-state index in [2.05, 4.69) is 0 Å². The molecule has 0 saturated heterocycles. The summed E-state index contributed by atoms with van der Waals surface area (Å²) in [5.74, 6) is 0.672. The minimum Gasteiger partial charge on any atom is -0.294 e. The molecule has 0 unspecified atom stereocenters. The fourth-order valence-electron chi connectivity index (χ4n) is 1.74. The Balaban J connectivity index is 2.24. The predicted molar refractivity (Wildman–Crippen MR) is 52.9 cm³/mol. The van der Waals surface area contributed by atoms with Crippen LogP contribution < -0.4 is 0 Å². The van der Waals surface area contributed by atoms with Gasteiger partial charge in [-0.2, -0.15) is 0 Å². The lowest BCUT2D eigenvalue weighted by atomic mass is 9.79. The van der Waals surface area contributed by atoms with E-state index >= 15 is 0 Å². The Morgan fingerprint density at radius 2 is 2.00 bits per heavy atom. The number of hydrogen-bond acceptors (Lipinski definition) is 1. The molecule has 0 aromatic heterocycles. The molecule has 0 radical (unpaired) electrons. The highest BCUT2D eigenvalue weighted by Gasteiger charge is 2.26. The maximum absolute atomic E-state index is 11.8. The number of ketones is 1. The smallest absolute Gasteiger partial charge is 0.166 e. The van der Waals surface area contributed by atoms with E-state index in [1.807, 2.05) is 31.2 Å². The van der Waals surface area contributed by atoms with E-state index in [0.29, 0.717) is 11.7 Å². The molecule has 13 heavy (non-hydrogen) atoms. The number of hydrogen-bond donors (Lipinski definition) is 0. The molecule has 1 aliphatic rings. The van der Waals surface area contributed by atoms with Crippen molar-refractivity contribution in [2.45, 2.75) is 26.2 Å². The highest BCUT2D eigenvalue weighted by molar-refractivity contribution is 5.99. The minimum atomic E-state index is 0.320. The summed E-state index contributed by atoms with van der Waals surface area (Å²) < 4.78 is 0. The molecule has 1 nitrogen and oxygen atoms in total. The first-order valence-electron chi connectivity index (χ1n) is 4.89. The zero-order valence-electron chi connectivity index (χ0n) is 7.92. The topological polar surface area (TPSA) is 17.1 Å². The molecule has 0 spiro atoms. The van der Waals surface area contributed by atoms with Gasteiger partial charge in [-0.1, -0.05) is 30.7 Å². The van der Waals surface area contributed by atoms with Gasteiger partial charge in [0.1, 0.15) is 0 Å². The summed E-state index contributed by atoms with van der Waals surface area (Å²) in [4.78, 5) is 11.8. The largest absolute Gasteiger partial charge is 0.294 e. The van der Waals surface area contributed by atoms with E-state index in [1.165, 1.54) is 6.42 Å². The Kier molecular flexibility index (Phi) is 2.17. The van der Waals surface area contributed by atoms with Crippen LogP contribution in [0.4, 0.5) is 0 Å². The highest BCUT2D eigenvalue weighted by Crippen LogP contribution is 2.30. The third-order valence-corrected chi connectivity index (χ3v) is 2.89. The Hall–Kier alpha value is -1.11. The summed E-state index contributed by atoms with van der Waals surface area (Å²) in [6, 6.07) is 7.87. The Morgan fingerprint density at radius 3 is 2.54 bits per heavy atom. The van der Waals surface area contributed by atoms with Crippen LogP contribution in [0.1, 0.15) is 35.2 Å². The van der Waals surface area contributed by atoms with Crippen LogP contribution in [0.3, 0.4) is 0 Å². The van der Waals surface area contributed by atoms with E-state index in [0.717, 1.165) is 24.0 Å². The summed E-state index contributed by atoms with van der Waals surface area (Å²) in [7, 11) is 0. The number of Topliss-reactive ketones (excluding diaryl/α,β-unsaturated/α-hetero) is 1. The Labute approximate surface area is 78.8 Å². The summed E-state index contributed by atoms with van der Waals surface area (Å²) in [5.41, 5.74) is 2.03. The number of rotatable bonds is 2. The lowest BCUT2D eigenvalue weighted by molar-refractivity contribution is 0.0854. The van der Waals surface area contributed by atoms with Crippen molar-refractivity contribution in [2.75, 3.05) is 0 Å². The molecule has 1 aliphatic carbocycles. The van der Waals surface area contributed by atoms with E-state index in [-0.39, 0.29) is 0 Å². The summed E-state index contributed by atoms with van der Waals surface area (Å²) in [5, 5.41) is 0. The van der Waals surface area contributed by atoms with Crippen molar-refractivity contribution in [2.24, 2.45) is 5.92 Å². The van der Waals surface area contributed by atoms with Crippen LogP contribution in [0.2, 0.25) is 0 Å². The van der Waals surface area contributed by atoms with Crippen LogP contribution in [0.5, 0.6) is 0 Å². The van der Waals surface area contributed by atoms with Crippen molar-refractivity contribution in [3.8, 4) is 0 Å². The van der Waals surface area contributed by atoms with Crippen molar-refractivity contribution in [1.29, 1.82) is 0 Å². The van der Waals surface area contributed by atoms with Crippen molar-refractivity contribution >= 4 is 5.78 Å². The molecular weight excluding hydrogens is 160 g/mol. The monoisotopic (exact) mass is 174 g/mol. The zero-order chi connectivity index (χ0) is 9.26. The van der Waals surface area contributed by atoms with Crippen molar-refractivity contribution in [3.05, 3.63) is 35.4 Å². The van der Waals surface area contributed by atoms with Gasteiger partial charge in [0.05, 0.1) is 0 Å². The fraction of sp³-hybridized carbons (Fsp3) is 0.417. The van der Waals surface area contributed by atoms with Gasteiger partial charge in [0.15, 0.2) is 5.78 Å². The molecule has 1 fully saturated rings. The molecule has 0 atom stereocenters. The number of benzene rings is 1. The molecule has 1 aromatic rings. The van der Waals surface area contributed by atoms with Crippen LogP contribution in [-0.4, -0.2) is 5.78 Å². The second-order valence-electron chi connectivity index (χ2n) is 3.81. The first-order valence-corrected chi connectivity index (χ1v) is 4.89. The quantitative estimate of drug-likeness (QED) is 0.630. The molecule has 0 N–H and O–H groups in total. The maximum atomic E-state index is 11.8. The third kappa shape index (κ3) is 1.51. The van der Waals surface area contributed by atoms with E-state index in [4.69, 9.17) is 0 Å². The van der Waals surface area contributed by atoms with E-state index in [1.54, 1.807) is 0 Å². The number of carbonyl (C=O) groups excluding carboxylic acids is 1. The van der Waals surface area contributed by atoms with Crippen LogP contribution in [0.25, 0.3) is 0 Å². The third-order valence-electron chi connectivity index (χ3n) is 2.89. The average molecular weight is 174 g/mol. The molecule has 0 amide bonds. The number of aryl methyl sites for hydroxylation is 1. The molecule has 1 heteroatoms. The summed E-state index contributed by atoms with van der Waals surface area (Å²) >= 11 is 0. The molecule has 2 rings (SSSR count). The lowest BCUT2D eigenvalue weighted by Gasteiger charge is -2.24. The van der Waals surface area contributed by atoms with Crippen LogP contribution in [0, 0.1) is 12.8 Å². The van der Waals surface area contributed by atoms with Crippen LogP contribution in [0.15, 0.2) is 24.3 Å². The summed E-state index contributed by atoms with van der Waals surface area (Å²) in [6.45, 7) is 2.01. The molecule has 68 valence electrons. The van der Waals surface area contributed by atoms with Gasteiger partial charge < -0.3 is 0 Å². The van der Waals surface area contributed by atoms with Gasteiger partial charge in [0, 0.05) is 11.5 Å². The first kappa shape index (κ1) is 8.49. The minimum absolute atomic E-state index is 0.320. The highest BCUT2D eigenvalue weighted by atomic mass is 16.1.